The van der Waals surface area contributed by atoms with Gasteiger partial charge in [0.2, 0.25) is 10.0 Å². The molecule has 132 valence electrons. The molecule has 1 heterocycles. The molecule has 2 aromatic rings. The maximum Gasteiger partial charge on any atom is 0.271 e. The minimum absolute atomic E-state index is 0.0837. The van der Waals surface area contributed by atoms with Crippen LogP contribution in [0.3, 0.4) is 0 Å². The summed E-state index contributed by atoms with van der Waals surface area (Å²) in [6.07, 6.45) is 5.11. The van der Waals surface area contributed by atoms with E-state index < -0.39 is 10.0 Å². The first-order valence-corrected chi connectivity index (χ1v) is 9.01. The first-order valence-electron chi connectivity index (χ1n) is 7.47. The number of sulfonamides is 1. The van der Waals surface area contributed by atoms with E-state index >= 15 is 0 Å². The molecule has 0 saturated carbocycles. The Hall–Kier alpha value is -2.78. The molecule has 0 aliphatic rings. The van der Waals surface area contributed by atoms with Crippen molar-refractivity contribution >= 4 is 21.7 Å². The van der Waals surface area contributed by atoms with Crippen LogP contribution in [0.15, 0.2) is 54.2 Å². The van der Waals surface area contributed by atoms with Crippen molar-refractivity contribution in [2.45, 2.75) is 11.3 Å². The molecule has 9 heteroatoms. The van der Waals surface area contributed by atoms with Gasteiger partial charge >= 0.3 is 0 Å². The van der Waals surface area contributed by atoms with Gasteiger partial charge in [-0.25, -0.2) is 23.5 Å². The van der Waals surface area contributed by atoms with Gasteiger partial charge in [-0.3, -0.25) is 4.79 Å². The van der Waals surface area contributed by atoms with Gasteiger partial charge in [0.1, 0.15) is 11.5 Å². The van der Waals surface area contributed by atoms with E-state index in [9.17, 15) is 13.2 Å². The molecular weight excluding hydrogens is 342 g/mol. The molecule has 25 heavy (non-hydrogen) atoms. The van der Waals surface area contributed by atoms with Gasteiger partial charge in [-0.2, -0.15) is 0 Å². The van der Waals surface area contributed by atoms with E-state index in [4.69, 9.17) is 5.14 Å². The molecular formula is C16H19N5O3S. The number of nitrogens with zero attached hydrogens (tertiary/aromatic N) is 2. The first-order chi connectivity index (χ1) is 11.9. The Kier molecular flexibility index (Phi) is 6.20. The van der Waals surface area contributed by atoms with Crippen LogP contribution in [-0.4, -0.2) is 37.4 Å². The Bertz CT molecular complexity index is 833. The molecule has 0 saturated heterocycles. The zero-order valence-corrected chi connectivity index (χ0v) is 14.3. The second-order valence-corrected chi connectivity index (χ2v) is 6.71. The van der Waals surface area contributed by atoms with Gasteiger partial charge in [-0.05, 0) is 24.1 Å². The number of benzene rings is 1. The van der Waals surface area contributed by atoms with E-state index in [1.54, 1.807) is 18.2 Å². The van der Waals surface area contributed by atoms with Crippen LogP contribution in [0.25, 0.3) is 0 Å². The number of anilines is 1. The molecule has 1 amide bonds. The molecule has 0 atom stereocenters. The number of rotatable bonds is 8. The van der Waals surface area contributed by atoms with Crippen molar-refractivity contribution in [3.63, 3.8) is 0 Å². The summed E-state index contributed by atoms with van der Waals surface area (Å²) in [7, 11) is -3.67. The predicted octanol–water partition coefficient (Wildman–Crippen LogP) is 0.694. The molecule has 0 radical (unpaired) electrons. The fourth-order valence-corrected chi connectivity index (χ4v) is 2.49. The van der Waals surface area contributed by atoms with Gasteiger partial charge in [0.25, 0.3) is 5.91 Å². The number of carbonyl (C=O) groups is 1. The monoisotopic (exact) mass is 361 g/mol. The lowest BCUT2D eigenvalue weighted by atomic mass is 10.1. The molecule has 0 aliphatic carbocycles. The summed E-state index contributed by atoms with van der Waals surface area (Å²) in [6.45, 7) is 4.46. The summed E-state index contributed by atoms with van der Waals surface area (Å²) in [6, 6.07) is 6.36. The van der Waals surface area contributed by atoms with Crippen molar-refractivity contribution in [2.24, 2.45) is 5.14 Å². The number of aromatic nitrogens is 2. The van der Waals surface area contributed by atoms with Gasteiger partial charge in [0.05, 0.1) is 17.3 Å². The number of nitrogens with one attached hydrogen (secondary N) is 2. The maximum atomic E-state index is 11.7. The largest absolute Gasteiger partial charge is 0.368 e. The second-order valence-electron chi connectivity index (χ2n) is 5.15. The number of hydrogen-bond acceptors (Lipinski definition) is 6. The number of amides is 1. The topological polar surface area (TPSA) is 127 Å². The quantitative estimate of drug-likeness (QED) is 0.594. The third-order valence-corrected chi connectivity index (χ3v) is 4.19. The normalized spacial score (nSPS) is 10.9. The highest BCUT2D eigenvalue weighted by atomic mass is 32.2. The third kappa shape index (κ3) is 5.66. The van der Waals surface area contributed by atoms with E-state index in [2.05, 4.69) is 27.2 Å². The van der Waals surface area contributed by atoms with Crippen LogP contribution in [0, 0.1) is 0 Å². The van der Waals surface area contributed by atoms with Crippen molar-refractivity contribution in [2.75, 3.05) is 18.4 Å². The molecule has 0 aliphatic heterocycles. The van der Waals surface area contributed by atoms with E-state index in [-0.39, 0.29) is 16.5 Å². The van der Waals surface area contributed by atoms with Crippen LogP contribution in [0.5, 0.6) is 0 Å². The predicted molar refractivity (Wildman–Crippen MR) is 94.6 cm³/mol. The van der Waals surface area contributed by atoms with Gasteiger partial charge in [0.15, 0.2) is 0 Å². The van der Waals surface area contributed by atoms with Gasteiger partial charge in [-0.15, -0.1) is 6.58 Å². The van der Waals surface area contributed by atoms with Crippen molar-refractivity contribution in [3.8, 4) is 0 Å². The second kappa shape index (κ2) is 8.36. The van der Waals surface area contributed by atoms with Gasteiger partial charge in [-0.1, -0.05) is 18.2 Å². The van der Waals surface area contributed by atoms with Gasteiger partial charge < -0.3 is 10.6 Å². The number of carbonyl (C=O) groups excluding carboxylic acids is 1. The standard InChI is InChI=1S/C16H19N5O3S/c1-2-8-19-16(22)14-10-21-15(11-20-14)18-9-7-12-3-5-13(6-4-12)25(17,23)24/h2-6,10-11H,1,7-9H2,(H,18,21)(H,19,22)(H2,17,23,24). The lowest BCUT2D eigenvalue weighted by Crippen LogP contribution is -2.24. The minimum atomic E-state index is -3.67. The zero-order chi connectivity index (χ0) is 18.3. The maximum absolute atomic E-state index is 11.7. The van der Waals surface area contributed by atoms with E-state index in [1.807, 2.05) is 0 Å². The molecule has 2 rings (SSSR count). The zero-order valence-electron chi connectivity index (χ0n) is 13.5. The van der Waals surface area contributed by atoms with Crippen molar-refractivity contribution < 1.29 is 13.2 Å². The lowest BCUT2D eigenvalue weighted by Gasteiger charge is -2.07. The lowest BCUT2D eigenvalue weighted by molar-refractivity contribution is 0.0952. The van der Waals surface area contributed by atoms with Crippen LogP contribution in [0.2, 0.25) is 0 Å². The van der Waals surface area contributed by atoms with Crippen LogP contribution in [0.1, 0.15) is 16.1 Å². The van der Waals surface area contributed by atoms with Crippen LogP contribution >= 0.6 is 0 Å². The minimum Gasteiger partial charge on any atom is -0.368 e. The highest BCUT2D eigenvalue weighted by Gasteiger charge is 2.07. The first kappa shape index (κ1) is 18.6. The average molecular weight is 361 g/mol. The number of hydrogen-bond donors (Lipinski definition) is 3. The van der Waals surface area contributed by atoms with Crippen molar-refractivity contribution in [1.29, 1.82) is 0 Å². The third-order valence-electron chi connectivity index (χ3n) is 3.26. The Morgan fingerprint density at radius 2 is 1.92 bits per heavy atom. The van der Waals surface area contributed by atoms with E-state index in [1.165, 1.54) is 24.5 Å². The Labute approximate surface area is 146 Å². The average Bonchev–Trinajstić information content (AvgIpc) is 2.60. The fourth-order valence-electron chi connectivity index (χ4n) is 1.97. The summed E-state index contributed by atoms with van der Waals surface area (Å²) in [5.74, 6) is 0.232. The van der Waals surface area contributed by atoms with E-state index in [0.717, 1.165) is 5.56 Å². The van der Waals surface area contributed by atoms with Crippen LogP contribution < -0.4 is 15.8 Å². The fraction of sp³-hybridized carbons (Fsp3) is 0.188. The Morgan fingerprint density at radius 3 is 2.48 bits per heavy atom. The summed E-state index contributed by atoms with van der Waals surface area (Å²) < 4.78 is 22.4. The number of nitrogens with two attached hydrogens (primary N) is 1. The molecule has 8 nitrogen and oxygen atoms in total. The van der Waals surface area contributed by atoms with Crippen molar-refractivity contribution in [1.82, 2.24) is 15.3 Å². The van der Waals surface area contributed by atoms with Crippen LogP contribution in [-0.2, 0) is 16.4 Å². The summed E-state index contributed by atoms with van der Waals surface area (Å²) >= 11 is 0. The smallest absolute Gasteiger partial charge is 0.271 e. The SMILES string of the molecule is C=CCNC(=O)c1cnc(NCCc2ccc(S(N)(=O)=O)cc2)cn1. The summed E-state index contributed by atoms with van der Waals surface area (Å²) in [5.41, 5.74) is 1.18. The highest BCUT2D eigenvalue weighted by molar-refractivity contribution is 7.89. The summed E-state index contributed by atoms with van der Waals surface area (Å²) in [4.78, 5) is 19.9. The molecule has 0 unspecified atom stereocenters. The Morgan fingerprint density at radius 1 is 1.20 bits per heavy atom. The molecule has 1 aromatic carbocycles. The van der Waals surface area contributed by atoms with Crippen molar-refractivity contribution in [3.05, 3.63) is 60.6 Å². The molecule has 0 fully saturated rings. The van der Waals surface area contributed by atoms with Crippen LogP contribution in [0.4, 0.5) is 5.82 Å². The molecule has 1 aromatic heterocycles. The molecule has 0 bridgehead atoms. The highest BCUT2D eigenvalue weighted by Crippen LogP contribution is 2.09. The Balaban J connectivity index is 1.85. The summed E-state index contributed by atoms with van der Waals surface area (Å²) in [5, 5.41) is 10.8. The van der Waals surface area contributed by atoms with E-state index in [0.29, 0.717) is 25.3 Å². The molecule has 0 spiro atoms. The van der Waals surface area contributed by atoms with Gasteiger partial charge in [0, 0.05) is 13.1 Å². The molecule has 4 N–H and O–H groups in total. The number of primary sulfonamides is 1.